The number of alkyl halides is 3. The number of carboxylic acid groups (broad SMARTS) is 1. The number of carbonyl (C=O) groups excluding carboxylic acids is 1. The molecule has 1 heterocycles. The highest BCUT2D eigenvalue weighted by Gasteiger charge is 2.30. The summed E-state index contributed by atoms with van der Waals surface area (Å²) in [6, 6.07) is 10.7. The first-order valence-electron chi connectivity index (χ1n) is 7.76. The van der Waals surface area contributed by atoms with Gasteiger partial charge >= 0.3 is 12.1 Å². The molecule has 0 atom stereocenters. The number of thiophene rings is 1. The molecule has 0 spiro atoms. The van der Waals surface area contributed by atoms with Crippen LogP contribution in [0.25, 0.3) is 10.4 Å². The Morgan fingerprint density at radius 1 is 1.00 bits per heavy atom. The molecule has 9 heteroatoms. The van der Waals surface area contributed by atoms with Crippen LogP contribution in [0.2, 0.25) is 0 Å². The van der Waals surface area contributed by atoms with Gasteiger partial charge in [-0.1, -0.05) is 28.1 Å². The minimum absolute atomic E-state index is 0.0132. The van der Waals surface area contributed by atoms with E-state index in [-0.39, 0.29) is 16.8 Å². The fourth-order valence-electron chi connectivity index (χ4n) is 2.48. The molecule has 3 rings (SSSR count). The highest BCUT2D eigenvalue weighted by Crippen LogP contribution is 2.37. The number of amides is 1. The number of hydrogen-bond acceptors (Lipinski definition) is 3. The van der Waals surface area contributed by atoms with Crippen LogP contribution < -0.4 is 5.32 Å². The normalized spacial score (nSPS) is 11.3. The van der Waals surface area contributed by atoms with Gasteiger partial charge in [-0.3, -0.25) is 4.79 Å². The number of aromatic carboxylic acids is 1. The average molecular weight is 470 g/mol. The highest BCUT2D eigenvalue weighted by molar-refractivity contribution is 9.10. The molecule has 0 radical (unpaired) electrons. The van der Waals surface area contributed by atoms with Crippen LogP contribution in [-0.2, 0) is 6.18 Å². The lowest BCUT2D eigenvalue weighted by Gasteiger charge is -2.09. The van der Waals surface area contributed by atoms with E-state index in [1.807, 2.05) is 0 Å². The largest absolute Gasteiger partial charge is 0.478 e. The van der Waals surface area contributed by atoms with Crippen molar-refractivity contribution in [2.24, 2.45) is 0 Å². The summed E-state index contributed by atoms with van der Waals surface area (Å²) in [5.74, 6) is -1.92. The van der Waals surface area contributed by atoms with Crippen LogP contribution in [0.3, 0.4) is 0 Å². The van der Waals surface area contributed by atoms with Crippen LogP contribution in [0.5, 0.6) is 0 Å². The summed E-state index contributed by atoms with van der Waals surface area (Å²) < 4.78 is 38.7. The van der Waals surface area contributed by atoms with Crippen molar-refractivity contribution >= 4 is 44.8 Å². The lowest BCUT2D eigenvalue weighted by Crippen LogP contribution is -2.14. The molecule has 0 bridgehead atoms. The van der Waals surface area contributed by atoms with Gasteiger partial charge < -0.3 is 10.4 Å². The first-order chi connectivity index (χ1) is 13.2. The van der Waals surface area contributed by atoms with Crippen LogP contribution >= 0.6 is 27.3 Å². The van der Waals surface area contributed by atoms with Crippen LogP contribution in [0.1, 0.15) is 26.3 Å². The molecule has 28 heavy (non-hydrogen) atoms. The van der Waals surface area contributed by atoms with Gasteiger partial charge in [-0.25, -0.2) is 4.79 Å². The molecule has 1 amide bonds. The van der Waals surface area contributed by atoms with Gasteiger partial charge in [0.2, 0.25) is 0 Å². The van der Waals surface area contributed by atoms with Crippen molar-refractivity contribution in [2.75, 3.05) is 5.32 Å². The van der Waals surface area contributed by atoms with Gasteiger partial charge in [0.1, 0.15) is 5.56 Å². The number of rotatable bonds is 4. The van der Waals surface area contributed by atoms with Crippen molar-refractivity contribution in [2.45, 2.75) is 6.18 Å². The standard InChI is InChI=1S/C19H11BrF3NO3S/c20-13-7-3-10(4-8-13)16-15(18(26)27)14(9-28-16)24-17(25)11-1-5-12(6-2-11)19(21,22)23/h1-9H,(H,24,25)(H,26,27). The maximum atomic E-state index is 12.6. The molecule has 1 aromatic heterocycles. The van der Waals surface area contributed by atoms with Crippen LogP contribution in [-0.4, -0.2) is 17.0 Å². The Labute approximate surface area is 169 Å². The Hall–Kier alpha value is -2.65. The second kappa shape index (κ2) is 7.76. The molecule has 4 nitrogen and oxygen atoms in total. The molecule has 2 N–H and O–H groups in total. The third-order valence-corrected chi connectivity index (χ3v) is 5.39. The highest BCUT2D eigenvalue weighted by atomic mass is 79.9. The lowest BCUT2D eigenvalue weighted by atomic mass is 10.1. The van der Waals surface area contributed by atoms with Crippen molar-refractivity contribution in [1.29, 1.82) is 0 Å². The molecule has 0 saturated carbocycles. The molecule has 0 unspecified atom stereocenters. The van der Waals surface area contributed by atoms with Gasteiger partial charge in [0.05, 0.1) is 16.1 Å². The van der Waals surface area contributed by atoms with Gasteiger partial charge in [0, 0.05) is 15.4 Å². The fourth-order valence-corrected chi connectivity index (χ4v) is 3.75. The molecule has 0 aliphatic rings. The molecule has 3 aromatic rings. The summed E-state index contributed by atoms with van der Waals surface area (Å²) in [6.45, 7) is 0. The Balaban J connectivity index is 1.89. The maximum absolute atomic E-state index is 12.6. The number of carboxylic acids is 1. The van der Waals surface area contributed by atoms with E-state index < -0.39 is 23.6 Å². The molecule has 0 aliphatic heterocycles. The zero-order valence-electron chi connectivity index (χ0n) is 13.9. The second-order valence-electron chi connectivity index (χ2n) is 5.69. The van der Waals surface area contributed by atoms with E-state index >= 15 is 0 Å². The number of halogens is 4. The summed E-state index contributed by atoms with van der Waals surface area (Å²) in [6.07, 6.45) is -4.50. The summed E-state index contributed by atoms with van der Waals surface area (Å²) in [5.41, 5.74) is -0.211. The predicted octanol–water partition coefficient (Wildman–Crippen LogP) is 6.15. The number of anilines is 1. The zero-order chi connectivity index (χ0) is 20.5. The van der Waals surface area contributed by atoms with Crippen molar-refractivity contribution < 1.29 is 27.9 Å². The molecule has 0 fully saturated rings. The lowest BCUT2D eigenvalue weighted by molar-refractivity contribution is -0.137. The summed E-state index contributed by atoms with van der Waals surface area (Å²) >= 11 is 4.45. The number of carbonyl (C=O) groups is 2. The number of benzene rings is 2. The fraction of sp³-hybridized carbons (Fsp3) is 0.0526. The molecule has 144 valence electrons. The predicted molar refractivity (Wildman–Crippen MR) is 104 cm³/mol. The summed E-state index contributed by atoms with van der Waals surface area (Å²) in [7, 11) is 0. The SMILES string of the molecule is O=C(Nc1csc(-c2ccc(Br)cc2)c1C(=O)O)c1ccc(C(F)(F)F)cc1. The van der Waals surface area contributed by atoms with Crippen LogP contribution in [0, 0.1) is 0 Å². The van der Waals surface area contributed by atoms with Crippen molar-refractivity contribution in [3.63, 3.8) is 0 Å². The van der Waals surface area contributed by atoms with Gasteiger partial charge in [-0.05, 0) is 42.0 Å². The van der Waals surface area contributed by atoms with E-state index in [4.69, 9.17) is 0 Å². The van der Waals surface area contributed by atoms with E-state index in [2.05, 4.69) is 21.2 Å². The van der Waals surface area contributed by atoms with E-state index in [9.17, 15) is 27.9 Å². The van der Waals surface area contributed by atoms with E-state index in [0.29, 0.717) is 10.4 Å². The third-order valence-electron chi connectivity index (χ3n) is 3.83. The van der Waals surface area contributed by atoms with Gasteiger partial charge in [0.25, 0.3) is 5.91 Å². The minimum atomic E-state index is -4.50. The van der Waals surface area contributed by atoms with Crippen molar-refractivity contribution in [1.82, 2.24) is 0 Å². The Bertz CT molecular complexity index is 1030. The van der Waals surface area contributed by atoms with E-state index in [0.717, 1.165) is 40.1 Å². The average Bonchev–Trinajstić information content (AvgIpc) is 3.05. The molecular formula is C19H11BrF3NO3S. The maximum Gasteiger partial charge on any atom is 0.416 e. The first kappa shape index (κ1) is 20.1. The molecule has 2 aromatic carbocycles. The van der Waals surface area contributed by atoms with Crippen LogP contribution in [0.15, 0.2) is 58.4 Å². The molecule has 0 saturated heterocycles. The summed E-state index contributed by atoms with van der Waals surface area (Å²) in [5, 5.41) is 13.5. The van der Waals surface area contributed by atoms with Gasteiger partial charge in [0.15, 0.2) is 0 Å². The Morgan fingerprint density at radius 2 is 1.61 bits per heavy atom. The van der Waals surface area contributed by atoms with Crippen molar-refractivity contribution in [3.8, 4) is 10.4 Å². The molecule has 0 aliphatic carbocycles. The van der Waals surface area contributed by atoms with E-state index in [1.54, 1.807) is 24.3 Å². The van der Waals surface area contributed by atoms with Gasteiger partial charge in [-0.2, -0.15) is 13.2 Å². The third kappa shape index (κ3) is 4.26. The first-order valence-corrected chi connectivity index (χ1v) is 9.43. The summed E-state index contributed by atoms with van der Waals surface area (Å²) in [4.78, 5) is 24.6. The number of nitrogens with one attached hydrogen (secondary N) is 1. The Morgan fingerprint density at radius 3 is 2.14 bits per heavy atom. The van der Waals surface area contributed by atoms with Crippen LogP contribution in [0.4, 0.5) is 18.9 Å². The molecular weight excluding hydrogens is 459 g/mol. The minimum Gasteiger partial charge on any atom is -0.478 e. The monoisotopic (exact) mass is 469 g/mol. The second-order valence-corrected chi connectivity index (χ2v) is 7.49. The smallest absolute Gasteiger partial charge is 0.416 e. The van der Waals surface area contributed by atoms with E-state index in [1.165, 1.54) is 5.38 Å². The quantitative estimate of drug-likeness (QED) is 0.481. The number of hydrogen-bond donors (Lipinski definition) is 2. The topological polar surface area (TPSA) is 66.4 Å². The van der Waals surface area contributed by atoms with Gasteiger partial charge in [-0.15, -0.1) is 11.3 Å². The zero-order valence-corrected chi connectivity index (χ0v) is 16.3. The Kier molecular flexibility index (Phi) is 5.57. The van der Waals surface area contributed by atoms with Crippen molar-refractivity contribution in [3.05, 3.63) is 75.1 Å².